The van der Waals surface area contributed by atoms with Crippen LogP contribution < -0.4 is 16.0 Å². The quantitative estimate of drug-likeness (QED) is 0.782. The molecule has 138 valence electrons. The van der Waals surface area contributed by atoms with Crippen molar-refractivity contribution in [2.24, 2.45) is 0 Å². The van der Waals surface area contributed by atoms with Crippen molar-refractivity contribution in [2.75, 3.05) is 16.0 Å². The first-order valence-corrected chi connectivity index (χ1v) is 9.12. The van der Waals surface area contributed by atoms with Crippen LogP contribution in [0.4, 0.5) is 21.5 Å². The number of amides is 1. The van der Waals surface area contributed by atoms with Crippen molar-refractivity contribution in [2.45, 2.75) is 52.1 Å². The minimum atomic E-state index is -0.369. The zero-order valence-corrected chi connectivity index (χ0v) is 15.6. The van der Waals surface area contributed by atoms with Gasteiger partial charge in [-0.1, -0.05) is 0 Å². The van der Waals surface area contributed by atoms with Crippen LogP contribution in [0.2, 0.25) is 0 Å². The molecule has 5 heteroatoms. The average molecular weight is 355 g/mol. The van der Waals surface area contributed by atoms with Gasteiger partial charge in [0.1, 0.15) is 5.82 Å². The molecule has 2 atom stereocenters. The number of nitrogen functional groups attached to an aromatic ring is 1. The van der Waals surface area contributed by atoms with Gasteiger partial charge in [-0.25, -0.2) is 4.39 Å². The molecule has 1 aliphatic heterocycles. The fourth-order valence-corrected chi connectivity index (χ4v) is 3.80. The van der Waals surface area contributed by atoms with Crippen LogP contribution in [0.3, 0.4) is 0 Å². The molecule has 0 aliphatic carbocycles. The lowest BCUT2D eigenvalue weighted by atomic mass is 9.95. The maximum Gasteiger partial charge on any atom is 0.255 e. The van der Waals surface area contributed by atoms with E-state index in [0.717, 1.165) is 24.1 Å². The van der Waals surface area contributed by atoms with Crippen molar-refractivity contribution in [3.05, 3.63) is 53.3 Å². The second kappa shape index (κ2) is 7.36. The van der Waals surface area contributed by atoms with Gasteiger partial charge in [0, 0.05) is 23.3 Å². The summed E-state index contributed by atoms with van der Waals surface area (Å²) >= 11 is 0. The fraction of sp³-hybridized carbons (Fsp3) is 0.381. The van der Waals surface area contributed by atoms with Gasteiger partial charge in [0.25, 0.3) is 5.91 Å². The maximum atomic E-state index is 13.1. The number of halogens is 1. The molecule has 1 heterocycles. The summed E-state index contributed by atoms with van der Waals surface area (Å²) in [7, 11) is 0. The molecular formula is C21H26FN3O. The van der Waals surface area contributed by atoms with Crippen LogP contribution in [0.15, 0.2) is 36.4 Å². The van der Waals surface area contributed by atoms with E-state index in [1.807, 2.05) is 19.1 Å². The fourth-order valence-electron chi connectivity index (χ4n) is 3.80. The minimum absolute atomic E-state index is 0.300. The van der Waals surface area contributed by atoms with E-state index in [0.29, 0.717) is 29.0 Å². The summed E-state index contributed by atoms with van der Waals surface area (Å²) in [6, 6.07) is 10.2. The summed E-state index contributed by atoms with van der Waals surface area (Å²) in [6.45, 7) is 6.52. The number of benzene rings is 2. The Morgan fingerprint density at radius 3 is 2.38 bits per heavy atom. The van der Waals surface area contributed by atoms with Gasteiger partial charge in [0.15, 0.2) is 0 Å². The molecule has 0 radical (unpaired) electrons. The van der Waals surface area contributed by atoms with Crippen LogP contribution in [0.1, 0.15) is 49.0 Å². The Balaban J connectivity index is 1.90. The number of carbonyl (C=O) groups is 1. The Hall–Kier alpha value is -2.56. The number of nitrogens with zero attached hydrogens (tertiary/aromatic N) is 1. The van der Waals surface area contributed by atoms with Gasteiger partial charge in [-0.2, -0.15) is 0 Å². The normalized spacial score (nSPS) is 20.1. The molecule has 0 bridgehead atoms. The van der Waals surface area contributed by atoms with E-state index in [9.17, 15) is 9.18 Å². The molecule has 1 fully saturated rings. The van der Waals surface area contributed by atoms with Crippen LogP contribution in [0.25, 0.3) is 0 Å². The molecule has 26 heavy (non-hydrogen) atoms. The number of hydrogen-bond donors (Lipinski definition) is 2. The largest absolute Gasteiger partial charge is 0.397 e. The van der Waals surface area contributed by atoms with Crippen molar-refractivity contribution < 1.29 is 9.18 Å². The molecule has 0 unspecified atom stereocenters. The highest BCUT2D eigenvalue weighted by Gasteiger charge is 2.26. The summed E-state index contributed by atoms with van der Waals surface area (Å²) in [4.78, 5) is 14.9. The third-order valence-electron chi connectivity index (χ3n) is 5.19. The lowest BCUT2D eigenvalue weighted by Gasteiger charge is -2.42. The van der Waals surface area contributed by atoms with Crippen molar-refractivity contribution in [1.82, 2.24) is 0 Å². The summed E-state index contributed by atoms with van der Waals surface area (Å²) in [5.74, 6) is -0.669. The van der Waals surface area contributed by atoms with Gasteiger partial charge in [0.2, 0.25) is 0 Å². The third kappa shape index (κ3) is 3.66. The standard InChI is InChI=1S/C21H26FN3O/c1-13-11-18(23)19(24-21(26)16-7-9-17(22)10-8-16)12-20(13)25-14(2)5-4-6-15(25)3/h7-12,14-15H,4-6,23H2,1-3H3,(H,24,26)/t14-,15+. The molecule has 3 N–H and O–H groups in total. The predicted octanol–water partition coefficient (Wildman–Crippen LogP) is 4.74. The van der Waals surface area contributed by atoms with E-state index in [4.69, 9.17) is 5.73 Å². The van der Waals surface area contributed by atoms with E-state index >= 15 is 0 Å². The monoisotopic (exact) mass is 355 g/mol. The summed E-state index contributed by atoms with van der Waals surface area (Å²) in [5.41, 5.74) is 9.86. The Morgan fingerprint density at radius 2 is 1.77 bits per heavy atom. The molecule has 0 aromatic heterocycles. The van der Waals surface area contributed by atoms with Crippen molar-refractivity contribution in [1.29, 1.82) is 0 Å². The Morgan fingerprint density at radius 1 is 1.15 bits per heavy atom. The van der Waals surface area contributed by atoms with Crippen LogP contribution in [0, 0.1) is 12.7 Å². The average Bonchev–Trinajstić information content (AvgIpc) is 2.59. The SMILES string of the molecule is Cc1cc(N)c(NC(=O)c2ccc(F)cc2)cc1N1[C@H](C)CCC[C@@H]1C. The number of anilines is 3. The number of carbonyl (C=O) groups excluding carboxylic acids is 1. The molecule has 4 nitrogen and oxygen atoms in total. The van der Waals surface area contributed by atoms with Crippen LogP contribution >= 0.6 is 0 Å². The first kappa shape index (κ1) is 18.2. The van der Waals surface area contributed by atoms with Crippen LogP contribution in [-0.2, 0) is 0 Å². The molecule has 1 amide bonds. The van der Waals surface area contributed by atoms with Gasteiger partial charge >= 0.3 is 0 Å². The highest BCUT2D eigenvalue weighted by atomic mass is 19.1. The van der Waals surface area contributed by atoms with Crippen molar-refractivity contribution in [3.63, 3.8) is 0 Å². The first-order chi connectivity index (χ1) is 12.4. The van der Waals surface area contributed by atoms with E-state index < -0.39 is 0 Å². The summed E-state index contributed by atoms with van der Waals surface area (Å²) < 4.78 is 13.1. The van der Waals surface area contributed by atoms with E-state index in [1.54, 1.807) is 0 Å². The third-order valence-corrected chi connectivity index (χ3v) is 5.19. The van der Waals surface area contributed by atoms with E-state index in [-0.39, 0.29) is 11.7 Å². The number of rotatable bonds is 3. The zero-order chi connectivity index (χ0) is 18.8. The number of nitrogens with one attached hydrogen (secondary N) is 1. The molecule has 3 rings (SSSR count). The Labute approximate surface area is 154 Å². The second-order valence-corrected chi connectivity index (χ2v) is 7.22. The second-order valence-electron chi connectivity index (χ2n) is 7.22. The van der Waals surface area contributed by atoms with Crippen molar-refractivity contribution >= 4 is 23.0 Å². The van der Waals surface area contributed by atoms with E-state index in [2.05, 4.69) is 24.1 Å². The first-order valence-electron chi connectivity index (χ1n) is 9.12. The van der Waals surface area contributed by atoms with Crippen LogP contribution in [-0.4, -0.2) is 18.0 Å². The molecule has 1 aliphatic rings. The van der Waals surface area contributed by atoms with Gasteiger partial charge in [-0.3, -0.25) is 4.79 Å². The van der Waals surface area contributed by atoms with Gasteiger partial charge in [-0.15, -0.1) is 0 Å². The van der Waals surface area contributed by atoms with E-state index in [1.165, 1.54) is 30.7 Å². The predicted molar refractivity (Wildman–Crippen MR) is 105 cm³/mol. The number of piperidine rings is 1. The number of hydrogen-bond acceptors (Lipinski definition) is 3. The number of aryl methyl sites for hydroxylation is 1. The van der Waals surface area contributed by atoms with Gasteiger partial charge < -0.3 is 16.0 Å². The highest BCUT2D eigenvalue weighted by molar-refractivity contribution is 6.06. The Kier molecular flexibility index (Phi) is 5.16. The minimum Gasteiger partial charge on any atom is -0.397 e. The lowest BCUT2D eigenvalue weighted by Crippen LogP contribution is -2.44. The molecule has 0 spiro atoms. The molecule has 1 saturated heterocycles. The smallest absolute Gasteiger partial charge is 0.255 e. The van der Waals surface area contributed by atoms with Gasteiger partial charge in [0.05, 0.1) is 11.4 Å². The molecule has 0 saturated carbocycles. The maximum absolute atomic E-state index is 13.1. The lowest BCUT2D eigenvalue weighted by molar-refractivity contribution is 0.102. The highest BCUT2D eigenvalue weighted by Crippen LogP contribution is 2.35. The van der Waals surface area contributed by atoms with Crippen LogP contribution in [0.5, 0.6) is 0 Å². The van der Waals surface area contributed by atoms with Crippen molar-refractivity contribution in [3.8, 4) is 0 Å². The summed E-state index contributed by atoms with van der Waals surface area (Å²) in [6.07, 6.45) is 3.55. The zero-order valence-electron chi connectivity index (χ0n) is 15.6. The topological polar surface area (TPSA) is 58.4 Å². The summed E-state index contributed by atoms with van der Waals surface area (Å²) in [5, 5.41) is 2.87. The molecular weight excluding hydrogens is 329 g/mol. The number of nitrogens with two attached hydrogens (primary N) is 1. The Bertz CT molecular complexity index is 794. The molecule has 2 aromatic rings. The molecule has 2 aromatic carbocycles. The van der Waals surface area contributed by atoms with Gasteiger partial charge in [-0.05, 0) is 82.0 Å².